The van der Waals surface area contributed by atoms with Crippen LogP contribution in [0.15, 0.2) is 65.3 Å². The summed E-state index contributed by atoms with van der Waals surface area (Å²) in [7, 11) is 0. The maximum atomic E-state index is 11.6. The van der Waals surface area contributed by atoms with Crippen LogP contribution in [0.1, 0.15) is 11.1 Å². The van der Waals surface area contributed by atoms with E-state index < -0.39 is 0 Å². The van der Waals surface area contributed by atoms with Crippen molar-refractivity contribution in [1.29, 1.82) is 0 Å². The Morgan fingerprint density at radius 2 is 1.75 bits per heavy atom. The SMILES string of the molecule is O=C(N/C=C/c1ccc(Br)cc1)NCc1ccccc1. The number of halogens is 1. The molecule has 0 atom stereocenters. The highest BCUT2D eigenvalue weighted by molar-refractivity contribution is 9.10. The monoisotopic (exact) mass is 330 g/mol. The van der Waals surface area contributed by atoms with E-state index in [9.17, 15) is 4.79 Å². The molecule has 2 rings (SSSR count). The highest BCUT2D eigenvalue weighted by Crippen LogP contribution is 2.11. The van der Waals surface area contributed by atoms with Gasteiger partial charge in [-0.05, 0) is 29.3 Å². The Morgan fingerprint density at radius 3 is 2.45 bits per heavy atom. The van der Waals surface area contributed by atoms with E-state index in [4.69, 9.17) is 0 Å². The second-order valence-corrected chi connectivity index (χ2v) is 5.11. The van der Waals surface area contributed by atoms with E-state index in [1.807, 2.05) is 60.7 Å². The number of benzene rings is 2. The van der Waals surface area contributed by atoms with Gasteiger partial charge in [0, 0.05) is 17.2 Å². The second kappa shape index (κ2) is 7.50. The zero-order valence-electron chi connectivity index (χ0n) is 10.8. The molecule has 2 aromatic rings. The molecule has 0 unspecified atom stereocenters. The lowest BCUT2D eigenvalue weighted by Crippen LogP contribution is -2.31. The highest BCUT2D eigenvalue weighted by atomic mass is 79.9. The van der Waals surface area contributed by atoms with Crippen LogP contribution < -0.4 is 10.6 Å². The summed E-state index contributed by atoms with van der Waals surface area (Å²) in [6, 6.07) is 17.4. The molecule has 0 fully saturated rings. The van der Waals surface area contributed by atoms with Crippen molar-refractivity contribution < 1.29 is 4.79 Å². The highest BCUT2D eigenvalue weighted by Gasteiger charge is 1.96. The van der Waals surface area contributed by atoms with Crippen molar-refractivity contribution in [2.45, 2.75) is 6.54 Å². The van der Waals surface area contributed by atoms with Crippen LogP contribution in [-0.2, 0) is 6.54 Å². The third-order valence-electron chi connectivity index (χ3n) is 2.66. The van der Waals surface area contributed by atoms with Gasteiger partial charge in [0.1, 0.15) is 0 Å². The predicted octanol–water partition coefficient (Wildman–Crippen LogP) is 3.92. The number of hydrogen-bond acceptors (Lipinski definition) is 1. The fourth-order valence-electron chi connectivity index (χ4n) is 1.62. The molecule has 3 nitrogen and oxygen atoms in total. The van der Waals surface area contributed by atoms with Crippen molar-refractivity contribution in [2.75, 3.05) is 0 Å². The number of urea groups is 1. The predicted molar refractivity (Wildman–Crippen MR) is 85.0 cm³/mol. The van der Waals surface area contributed by atoms with Gasteiger partial charge in [-0.25, -0.2) is 4.79 Å². The summed E-state index contributed by atoms with van der Waals surface area (Å²) in [5.74, 6) is 0. The summed E-state index contributed by atoms with van der Waals surface area (Å²) in [5, 5.41) is 5.46. The Labute approximate surface area is 126 Å². The molecule has 2 N–H and O–H groups in total. The largest absolute Gasteiger partial charge is 0.334 e. The van der Waals surface area contributed by atoms with Crippen LogP contribution in [0.25, 0.3) is 6.08 Å². The van der Waals surface area contributed by atoms with Gasteiger partial charge >= 0.3 is 6.03 Å². The Kier molecular flexibility index (Phi) is 5.38. The Balaban J connectivity index is 1.76. The van der Waals surface area contributed by atoms with Gasteiger partial charge in [-0.15, -0.1) is 0 Å². The fraction of sp³-hybridized carbons (Fsp3) is 0.0625. The molecular formula is C16H15BrN2O. The Hall–Kier alpha value is -2.07. The van der Waals surface area contributed by atoms with Crippen LogP contribution in [0.5, 0.6) is 0 Å². The van der Waals surface area contributed by atoms with Crippen molar-refractivity contribution in [3.63, 3.8) is 0 Å². The minimum atomic E-state index is -0.220. The Bertz CT molecular complexity index is 579. The molecule has 0 aliphatic heterocycles. The third-order valence-corrected chi connectivity index (χ3v) is 3.18. The molecule has 0 aliphatic rings. The second-order valence-electron chi connectivity index (χ2n) is 4.20. The normalized spacial score (nSPS) is 10.4. The van der Waals surface area contributed by atoms with Crippen molar-refractivity contribution in [3.05, 3.63) is 76.4 Å². The number of rotatable bonds is 4. The number of carbonyl (C=O) groups is 1. The van der Waals surface area contributed by atoms with Gasteiger partial charge < -0.3 is 10.6 Å². The van der Waals surface area contributed by atoms with Crippen molar-refractivity contribution in [1.82, 2.24) is 10.6 Å². The molecule has 0 heterocycles. The van der Waals surface area contributed by atoms with Crippen molar-refractivity contribution >= 4 is 28.0 Å². The number of hydrogen-bond donors (Lipinski definition) is 2. The first kappa shape index (κ1) is 14.3. The van der Waals surface area contributed by atoms with Crippen LogP contribution in [-0.4, -0.2) is 6.03 Å². The molecule has 102 valence electrons. The van der Waals surface area contributed by atoms with Gasteiger partial charge in [0.25, 0.3) is 0 Å². The third kappa shape index (κ3) is 4.90. The topological polar surface area (TPSA) is 41.1 Å². The lowest BCUT2D eigenvalue weighted by atomic mass is 10.2. The maximum Gasteiger partial charge on any atom is 0.319 e. The quantitative estimate of drug-likeness (QED) is 0.876. The zero-order chi connectivity index (χ0) is 14.2. The van der Waals surface area contributed by atoms with E-state index >= 15 is 0 Å². The van der Waals surface area contributed by atoms with Crippen molar-refractivity contribution in [2.24, 2.45) is 0 Å². The lowest BCUT2D eigenvalue weighted by molar-refractivity contribution is 0.244. The fourth-order valence-corrected chi connectivity index (χ4v) is 1.88. The standard InChI is InChI=1S/C16H15BrN2O/c17-15-8-6-13(7-9-15)10-11-18-16(20)19-12-14-4-2-1-3-5-14/h1-11H,12H2,(H2,18,19,20)/b11-10+. The molecule has 0 saturated carbocycles. The maximum absolute atomic E-state index is 11.6. The summed E-state index contributed by atoms with van der Waals surface area (Å²) < 4.78 is 1.03. The molecule has 2 amide bonds. The molecule has 0 saturated heterocycles. The van der Waals surface area contributed by atoms with Crippen LogP contribution in [0.2, 0.25) is 0 Å². The molecule has 0 aliphatic carbocycles. The average molecular weight is 331 g/mol. The zero-order valence-corrected chi connectivity index (χ0v) is 12.4. The van der Waals surface area contributed by atoms with E-state index in [2.05, 4.69) is 26.6 Å². The van der Waals surface area contributed by atoms with E-state index in [0.717, 1.165) is 15.6 Å². The van der Waals surface area contributed by atoms with Gasteiger partial charge in [0.2, 0.25) is 0 Å². The first-order chi connectivity index (χ1) is 9.74. The van der Waals surface area contributed by atoms with Crippen molar-refractivity contribution in [3.8, 4) is 0 Å². The van der Waals surface area contributed by atoms with Crippen LogP contribution in [0.3, 0.4) is 0 Å². The molecule has 4 heteroatoms. The van der Waals surface area contributed by atoms with E-state index in [-0.39, 0.29) is 6.03 Å². The summed E-state index contributed by atoms with van der Waals surface area (Å²) in [6.45, 7) is 0.513. The molecule has 0 aromatic heterocycles. The van der Waals surface area contributed by atoms with Gasteiger partial charge in [-0.1, -0.05) is 58.4 Å². The Morgan fingerprint density at radius 1 is 1.05 bits per heavy atom. The summed E-state index contributed by atoms with van der Waals surface area (Å²) in [6.07, 6.45) is 3.47. The van der Waals surface area contributed by atoms with Crippen LogP contribution >= 0.6 is 15.9 Å². The molecule has 2 aromatic carbocycles. The minimum absolute atomic E-state index is 0.220. The summed E-state index contributed by atoms with van der Waals surface area (Å²) >= 11 is 3.38. The van der Waals surface area contributed by atoms with E-state index in [0.29, 0.717) is 6.54 Å². The smallest absolute Gasteiger partial charge is 0.319 e. The molecule has 0 spiro atoms. The number of amides is 2. The number of carbonyl (C=O) groups excluding carboxylic acids is 1. The molecule has 0 bridgehead atoms. The van der Waals surface area contributed by atoms with Crippen LogP contribution in [0, 0.1) is 0 Å². The first-order valence-corrected chi connectivity index (χ1v) is 7.04. The lowest BCUT2D eigenvalue weighted by Gasteiger charge is -2.04. The number of nitrogens with one attached hydrogen (secondary N) is 2. The minimum Gasteiger partial charge on any atom is -0.334 e. The van der Waals surface area contributed by atoms with Crippen LogP contribution in [0.4, 0.5) is 4.79 Å². The average Bonchev–Trinajstić information content (AvgIpc) is 2.48. The summed E-state index contributed by atoms with van der Waals surface area (Å²) in [4.78, 5) is 11.6. The van der Waals surface area contributed by atoms with Gasteiger partial charge in [0.05, 0.1) is 0 Å². The van der Waals surface area contributed by atoms with Gasteiger partial charge in [-0.2, -0.15) is 0 Å². The summed E-state index contributed by atoms with van der Waals surface area (Å²) in [5.41, 5.74) is 2.09. The first-order valence-electron chi connectivity index (χ1n) is 6.24. The molecule has 20 heavy (non-hydrogen) atoms. The van der Waals surface area contributed by atoms with Gasteiger partial charge in [-0.3, -0.25) is 0 Å². The van der Waals surface area contributed by atoms with E-state index in [1.165, 1.54) is 0 Å². The molecule has 0 radical (unpaired) electrons. The molecular weight excluding hydrogens is 316 g/mol. The van der Waals surface area contributed by atoms with E-state index in [1.54, 1.807) is 6.20 Å². The van der Waals surface area contributed by atoms with Gasteiger partial charge in [0.15, 0.2) is 0 Å².